The number of hydrogen-bond acceptors (Lipinski definition) is 4. The van der Waals surface area contributed by atoms with Gasteiger partial charge in [0.15, 0.2) is 0 Å². The maximum atomic E-state index is 12.7. The smallest absolute Gasteiger partial charge is 0.335 e. The molecule has 3 aromatic rings. The van der Waals surface area contributed by atoms with E-state index < -0.39 is 5.97 Å². The molecule has 0 atom stereocenters. The molecule has 0 fully saturated rings. The second-order valence-corrected chi connectivity index (χ2v) is 6.34. The van der Waals surface area contributed by atoms with Gasteiger partial charge in [-0.2, -0.15) is 0 Å². The Bertz CT molecular complexity index is 1070. The average Bonchev–Trinajstić information content (AvgIpc) is 2.66. The first-order chi connectivity index (χ1) is 12.6. The number of H-pyrrole nitrogens is 1. The van der Waals surface area contributed by atoms with Crippen LogP contribution >= 0.6 is 0 Å². The number of methoxy groups -OCH3 is 1. The largest absolute Gasteiger partial charge is 0.497 e. The van der Waals surface area contributed by atoms with Crippen LogP contribution in [0.1, 0.15) is 22.3 Å². The lowest BCUT2D eigenvalue weighted by atomic mass is 10.0. The van der Waals surface area contributed by atoms with Crippen LogP contribution in [-0.2, 0) is 6.42 Å². The molecule has 0 amide bonds. The highest BCUT2D eigenvalue weighted by Gasteiger charge is 2.21. The van der Waals surface area contributed by atoms with Crippen molar-refractivity contribution in [1.82, 2.24) is 4.98 Å². The van der Waals surface area contributed by atoms with Crippen molar-refractivity contribution in [2.45, 2.75) is 12.8 Å². The van der Waals surface area contributed by atoms with Crippen LogP contribution in [0, 0.1) is 0 Å². The molecule has 6 nitrogen and oxygen atoms in total. The van der Waals surface area contributed by atoms with Crippen LogP contribution in [0.5, 0.6) is 5.75 Å². The van der Waals surface area contributed by atoms with Gasteiger partial charge in [-0.05, 0) is 48.7 Å². The molecule has 1 aliphatic heterocycles. The number of nitrogens with zero attached hydrogens (tertiary/aromatic N) is 1. The van der Waals surface area contributed by atoms with Gasteiger partial charge in [0, 0.05) is 29.2 Å². The highest BCUT2D eigenvalue weighted by atomic mass is 16.5. The summed E-state index contributed by atoms with van der Waals surface area (Å²) in [5.74, 6) is -0.256. The maximum absolute atomic E-state index is 12.7. The fourth-order valence-corrected chi connectivity index (χ4v) is 3.46. The summed E-state index contributed by atoms with van der Waals surface area (Å²) < 4.78 is 5.33. The van der Waals surface area contributed by atoms with E-state index in [4.69, 9.17) is 4.74 Å². The molecule has 0 saturated heterocycles. The Labute approximate surface area is 149 Å². The summed E-state index contributed by atoms with van der Waals surface area (Å²) in [6, 6.07) is 12.3. The van der Waals surface area contributed by atoms with Gasteiger partial charge in [0.1, 0.15) is 11.4 Å². The minimum absolute atomic E-state index is 0.191. The van der Waals surface area contributed by atoms with E-state index in [1.165, 1.54) is 6.07 Å². The van der Waals surface area contributed by atoms with Gasteiger partial charge in [0.25, 0.3) is 5.56 Å². The zero-order chi connectivity index (χ0) is 18.3. The minimum atomic E-state index is -0.993. The van der Waals surface area contributed by atoms with Crippen molar-refractivity contribution < 1.29 is 14.6 Å². The fraction of sp³-hybridized carbons (Fsp3) is 0.200. The molecule has 0 aliphatic carbocycles. The Balaban J connectivity index is 1.88. The number of rotatable bonds is 3. The molecule has 0 spiro atoms. The second-order valence-electron chi connectivity index (χ2n) is 6.34. The van der Waals surface area contributed by atoms with Crippen molar-refractivity contribution >= 4 is 28.2 Å². The minimum Gasteiger partial charge on any atom is -0.497 e. The normalized spacial score (nSPS) is 13.5. The summed E-state index contributed by atoms with van der Waals surface area (Å²) in [7, 11) is 1.62. The fourth-order valence-electron chi connectivity index (χ4n) is 3.46. The van der Waals surface area contributed by atoms with Crippen molar-refractivity contribution in [3.63, 3.8) is 0 Å². The lowest BCUT2D eigenvalue weighted by Crippen LogP contribution is -2.29. The molecule has 132 valence electrons. The number of anilines is 2. The van der Waals surface area contributed by atoms with E-state index >= 15 is 0 Å². The number of benzene rings is 2. The number of aromatic carboxylic acids is 1. The topological polar surface area (TPSA) is 82.6 Å². The first-order valence-corrected chi connectivity index (χ1v) is 8.41. The standard InChI is InChI=1S/C20H18N2O4/c1-26-15-6-4-12-3-2-8-22(17(12)11-15)18-10-14-9-13(20(24)25)5-7-16(14)21-19(18)23/h4-7,9-11H,2-3,8H2,1H3,(H,21,23)(H,24,25). The Morgan fingerprint density at radius 2 is 2.00 bits per heavy atom. The number of ether oxygens (including phenoxy) is 1. The molecule has 1 aliphatic rings. The number of hydrogen-bond donors (Lipinski definition) is 2. The number of carboxylic acids is 1. The van der Waals surface area contributed by atoms with Crippen LogP contribution in [0.2, 0.25) is 0 Å². The molecule has 2 aromatic carbocycles. The van der Waals surface area contributed by atoms with Crippen molar-refractivity contribution in [2.24, 2.45) is 0 Å². The van der Waals surface area contributed by atoms with Gasteiger partial charge in [-0.1, -0.05) is 6.07 Å². The predicted octanol–water partition coefficient (Wildman–Crippen LogP) is 3.32. The summed E-state index contributed by atoms with van der Waals surface area (Å²) in [4.78, 5) is 28.7. The Hall–Kier alpha value is -3.28. The summed E-state index contributed by atoms with van der Waals surface area (Å²) in [6.07, 6.45) is 1.89. The van der Waals surface area contributed by atoms with Crippen LogP contribution in [-0.4, -0.2) is 29.7 Å². The summed E-state index contributed by atoms with van der Waals surface area (Å²) in [5, 5.41) is 9.90. The molecule has 2 N–H and O–H groups in total. The van der Waals surface area contributed by atoms with E-state index in [1.807, 2.05) is 23.1 Å². The number of aromatic nitrogens is 1. The van der Waals surface area contributed by atoms with E-state index in [-0.39, 0.29) is 11.1 Å². The number of pyridine rings is 1. The first-order valence-electron chi connectivity index (χ1n) is 8.41. The van der Waals surface area contributed by atoms with Crippen LogP contribution in [0.4, 0.5) is 11.4 Å². The number of carbonyl (C=O) groups is 1. The van der Waals surface area contributed by atoms with Gasteiger partial charge >= 0.3 is 5.97 Å². The van der Waals surface area contributed by atoms with Crippen LogP contribution in [0.15, 0.2) is 47.3 Å². The van der Waals surface area contributed by atoms with Crippen LogP contribution in [0.25, 0.3) is 10.9 Å². The van der Waals surface area contributed by atoms with Crippen molar-refractivity contribution in [1.29, 1.82) is 0 Å². The van der Waals surface area contributed by atoms with Gasteiger partial charge < -0.3 is 19.7 Å². The SMILES string of the molecule is COc1ccc2c(c1)N(c1cc3cc(C(=O)O)ccc3[nH]c1=O)CCC2. The molecule has 4 rings (SSSR count). The van der Waals surface area contributed by atoms with Gasteiger partial charge in [-0.15, -0.1) is 0 Å². The number of carboxylic acid groups (broad SMARTS) is 1. The number of aryl methyl sites for hydroxylation is 1. The molecule has 0 saturated carbocycles. The lowest BCUT2D eigenvalue weighted by molar-refractivity contribution is 0.0697. The zero-order valence-corrected chi connectivity index (χ0v) is 14.3. The van der Waals surface area contributed by atoms with Gasteiger partial charge in [-0.3, -0.25) is 4.79 Å². The van der Waals surface area contributed by atoms with Crippen molar-refractivity contribution in [2.75, 3.05) is 18.6 Å². The molecular formula is C20H18N2O4. The van der Waals surface area contributed by atoms with E-state index in [0.717, 1.165) is 29.8 Å². The first kappa shape index (κ1) is 16.2. The van der Waals surface area contributed by atoms with E-state index in [0.29, 0.717) is 23.1 Å². The van der Waals surface area contributed by atoms with Gasteiger partial charge in [0.2, 0.25) is 0 Å². The van der Waals surface area contributed by atoms with Gasteiger partial charge in [-0.25, -0.2) is 4.79 Å². The summed E-state index contributed by atoms with van der Waals surface area (Å²) in [5.41, 5.74) is 3.24. The Morgan fingerprint density at radius 3 is 2.77 bits per heavy atom. The number of fused-ring (bicyclic) bond motifs is 2. The highest BCUT2D eigenvalue weighted by Crippen LogP contribution is 2.35. The third kappa shape index (κ3) is 2.69. The van der Waals surface area contributed by atoms with Crippen molar-refractivity contribution in [3.05, 3.63) is 63.9 Å². The second kappa shape index (κ2) is 6.22. The van der Waals surface area contributed by atoms with E-state index in [2.05, 4.69) is 4.98 Å². The molecule has 1 aromatic heterocycles. The number of nitrogens with one attached hydrogen (secondary N) is 1. The zero-order valence-electron chi connectivity index (χ0n) is 14.3. The Morgan fingerprint density at radius 1 is 1.15 bits per heavy atom. The highest BCUT2D eigenvalue weighted by molar-refractivity contribution is 5.94. The quantitative estimate of drug-likeness (QED) is 0.757. The average molecular weight is 350 g/mol. The molecular weight excluding hydrogens is 332 g/mol. The van der Waals surface area contributed by atoms with Gasteiger partial charge in [0.05, 0.1) is 12.7 Å². The van der Waals surface area contributed by atoms with Crippen LogP contribution in [0.3, 0.4) is 0 Å². The molecule has 0 bridgehead atoms. The van der Waals surface area contributed by atoms with E-state index in [9.17, 15) is 14.7 Å². The van der Waals surface area contributed by atoms with Crippen molar-refractivity contribution in [3.8, 4) is 5.75 Å². The molecule has 26 heavy (non-hydrogen) atoms. The summed E-state index contributed by atoms with van der Waals surface area (Å²) in [6.45, 7) is 0.716. The third-order valence-corrected chi connectivity index (χ3v) is 4.77. The monoisotopic (exact) mass is 350 g/mol. The number of aromatic amines is 1. The lowest BCUT2D eigenvalue weighted by Gasteiger charge is -2.31. The van der Waals surface area contributed by atoms with E-state index in [1.54, 1.807) is 25.3 Å². The van der Waals surface area contributed by atoms with Crippen LogP contribution < -0.4 is 15.2 Å². The Kier molecular flexibility index (Phi) is 3.88. The molecule has 0 radical (unpaired) electrons. The predicted molar refractivity (Wildman–Crippen MR) is 99.8 cm³/mol. The molecule has 2 heterocycles. The summed E-state index contributed by atoms with van der Waals surface area (Å²) >= 11 is 0. The molecule has 0 unspecified atom stereocenters. The molecule has 6 heteroatoms. The maximum Gasteiger partial charge on any atom is 0.335 e. The third-order valence-electron chi connectivity index (χ3n) is 4.77.